The van der Waals surface area contributed by atoms with Gasteiger partial charge in [0.25, 0.3) is 0 Å². The molecule has 0 radical (unpaired) electrons. The van der Waals surface area contributed by atoms with Crippen LogP contribution in [0.3, 0.4) is 0 Å². The number of rotatable bonds is 1. The maximum Gasteiger partial charge on any atom is 0.0847 e. The molecular formula is C11H13IN2. The van der Waals surface area contributed by atoms with E-state index in [4.69, 9.17) is 0 Å². The fourth-order valence-electron chi connectivity index (χ4n) is 1.71. The molecule has 0 amide bonds. The Morgan fingerprint density at radius 1 is 1.36 bits per heavy atom. The summed E-state index contributed by atoms with van der Waals surface area (Å²) in [7, 11) is 2.07. The molecule has 1 unspecified atom stereocenters. The Hall–Kier alpha value is -0.580. The van der Waals surface area contributed by atoms with E-state index in [0.29, 0.717) is 5.92 Å². The first-order valence-electron chi connectivity index (χ1n) is 4.71. The van der Waals surface area contributed by atoms with E-state index in [0.717, 1.165) is 13.1 Å². The van der Waals surface area contributed by atoms with Crippen LogP contribution < -0.4 is 0 Å². The molecule has 14 heavy (non-hydrogen) atoms. The van der Waals surface area contributed by atoms with Crippen LogP contribution >= 0.6 is 22.6 Å². The van der Waals surface area contributed by atoms with E-state index in [1.54, 1.807) is 0 Å². The number of halogens is 1. The lowest BCUT2D eigenvalue weighted by Gasteiger charge is -2.25. The van der Waals surface area contributed by atoms with Crippen molar-refractivity contribution < 1.29 is 0 Å². The molecule has 2 nitrogen and oxygen atoms in total. The van der Waals surface area contributed by atoms with Crippen LogP contribution in [-0.4, -0.2) is 31.4 Å². The van der Waals surface area contributed by atoms with E-state index in [-0.39, 0.29) is 0 Å². The van der Waals surface area contributed by atoms with Crippen molar-refractivity contribution in [1.29, 1.82) is 0 Å². The molecule has 0 fully saturated rings. The molecule has 0 N–H and O–H groups in total. The fourth-order valence-corrected chi connectivity index (χ4v) is 2.07. The van der Waals surface area contributed by atoms with Crippen LogP contribution in [0.5, 0.6) is 0 Å². The zero-order valence-electron chi connectivity index (χ0n) is 8.15. The van der Waals surface area contributed by atoms with Crippen molar-refractivity contribution in [3.05, 3.63) is 33.4 Å². The van der Waals surface area contributed by atoms with E-state index < -0.39 is 0 Å². The van der Waals surface area contributed by atoms with Gasteiger partial charge in [-0.1, -0.05) is 12.1 Å². The molecule has 1 aliphatic heterocycles. The van der Waals surface area contributed by atoms with Gasteiger partial charge in [0.1, 0.15) is 0 Å². The number of hydrogen-bond donors (Lipinski definition) is 0. The van der Waals surface area contributed by atoms with Gasteiger partial charge in [-0.05, 0) is 40.3 Å². The van der Waals surface area contributed by atoms with Gasteiger partial charge in [-0.25, -0.2) is 0 Å². The van der Waals surface area contributed by atoms with Crippen LogP contribution in [0.4, 0.5) is 0 Å². The third kappa shape index (κ3) is 2.26. The van der Waals surface area contributed by atoms with Crippen molar-refractivity contribution in [3.8, 4) is 0 Å². The quantitative estimate of drug-likeness (QED) is 0.727. The molecule has 1 aromatic rings. The van der Waals surface area contributed by atoms with Crippen LogP contribution in [0.1, 0.15) is 11.5 Å². The molecule has 3 heteroatoms. The van der Waals surface area contributed by atoms with Gasteiger partial charge in [-0.2, -0.15) is 0 Å². The molecule has 0 aromatic heterocycles. The second kappa shape index (κ2) is 4.29. The van der Waals surface area contributed by atoms with Crippen LogP contribution in [0.15, 0.2) is 29.3 Å². The van der Waals surface area contributed by atoms with Gasteiger partial charge < -0.3 is 4.90 Å². The highest BCUT2D eigenvalue weighted by atomic mass is 127. The summed E-state index contributed by atoms with van der Waals surface area (Å²) in [5, 5.41) is 0. The number of benzene rings is 1. The summed E-state index contributed by atoms with van der Waals surface area (Å²) < 4.78 is 1.29. The van der Waals surface area contributed by atoms with E-state index in [1.165, 1.54) is 9.13 Å². The highest BCUT2D eigenvalue weighted by Crippen LogP contribution is 2.20. The molecule has 0 saturated heterocycles. The Kier molecular flexibility index (Phi) is 3.05. The van der Waals surface area contributed by atoms with Crippen LogP contribution in [0.2, 0.25) is 0 Å². The lowest BCUT2D eigenvalue weighted by atomic mass is 9.98. The summed E-state index contributed by atoms with van der Waals surface area (Å²) in [6.45, 7) is 2.00. The maximum atomic E-state index is 4.34. The Labute approximate surface area is 98.2 Å². The lowest BCUT2D eigenvalue weighted by molar-refractivity contribution is 0.440. The Bertz CT molecular complexity index is 332. The van der Waals surface area contributed by atoms with Gasteiger partial charge >= 0.3 is 0 Å². The smallest absolute Gasteiger partial charge is 0.0847 e. The Balaban J connectivity index is 2.15. The van der Waals surface area contributed by atoms with Crippen molar-refractivity contribution in [2.75, 3.05) is 20.1 Å². The monoisotopic (exact) mass is 300 g/mol. The highest BCUT2D eigenvalue weighted by Gasteiger charge is 2.15. The first-order chi connectivity index (χ1) is 6.75. The molecule has 1 aliphatic rings. The van der Waals surface area contributed by atoms with Gasteiger partial charge in [-0.3, -0.25) is 4.99 Å². The van der Waals surface area contributed by atoms with Gasteiger partial charge in [-0.15, -0.1) is 0 Å². The second-order valence-corrected chi connectivity index (χ2v) is 4.91. The lowest BCUT2D eigenvalue weighted by Crippen LogP contribution is -2.29. The zero-order chi connectivity index (χ0) is 9.97. The number of likely N-dealkylation sites (N-methyl/N-ethyl adjacent to an activating group) is 1. The molecule has 1 atom stereocenters. The Morgan fingerprint density at radius 2 is 2.07 bits per heavy atom. The predicted octanol–water partition coefficient (Wildman–Crippen LogP) is 2.35. The molecule has 74 valence electrons. The third-order valence-corrected chi connectivity index (χ3v) is 3.17. The van der Waals surface area contributed by atoms with E-state index in [1.807, 2.05) is 6.34 Å². The first kappa shape index (κ1) is 9.96. The minimum Gasteiger partial charge on any atom is -0.365 e. The van der Waals surface area contributed by atoms with Crippen molar-refractivity contribution in [1.82, 2.24) is 4.90 Å². The summed E-state index contributed by atoms with van der Waals surface area (Å²) in [5.74, 6) is 0.557. The third-order valence-electron chi connectivity index (χ3n) is 2.45. The van der Waals surface area contributed by atoms with Crippen LogP contribution in [-0.2, 0) is 0 Å². The first-order valence-corrected chi connectivity index (χ1v) is 5.79. The molecule has 1 heterocycles. The molecule has 0 saturated carbocycles. The predicted molar refractivity (Wildman–Crippen MR) is 67.9 cm³/mol. The average molecular weight is 300 g/mol. The number of hydrogen-bond acceptors (Lipinski definition) is 2. The zero-order valence-corrected chi connectivity index (χ0v) is 10.3. The minimum absolute atomic E-state index is 0.557. The van der Waals surface area contributed by atoms with Gasteiger partial charge in [0.2, 0.25) is 0 Å². The standard InChI is InChI=1S/C11H13IN2/c1-14-7-10(6-13-8-14)9-2-4-11(12)5-3-9/h2-5,8,10H,6-7H2,1H3. The minimum atomic E-state index is 0.557. The second-order valence-electron chi connectivity index (χ2n) is 3.67. The SMILES string of the molecule is CN1C=NCC(c2ccc(I)cc2)C1. The summed E-state index contributed by atoms with van der Waals surface area (Å²) in [6.07, 6.45) is 1.92. The highest BCUT2D eigenvalue weighted by molar-refractivity contribution is 14.1. The normalized spacial score (nSPS) is 21.3. The summed E-state index contributed by atoms with van der Waals surface area (Å²) in [4.78, 5) is 6.48. The largest absolute Gasteiger partial charge is 0.365 e. The molecule has 2 rings (SSSR count). The van der Waals surface area contributed by atoms with E-state index in [2.05, 4.69) is 63.8 Å². The van der Waals surface area contributed by atoms with Crippen molar-refractivity contribution in [2.24, 2.45) is 4.99 Å². The fraction of sp³-hybridized carbons (Fsp3) is 0.364. The van der Waals surface area contributed by atoms with Gasteiger partial charge in [0.15, 0.2) is 0 Å². The van der Waals surface area contributed by atoms with Crippen LogP contribution in [0, 0.1) is 3.57 Å². The topological polar surface area (TPSA) is 15.6 Å². The molecular weight excluding hydrogens is 287 g/mol. The maximum absolute atomic E-state index is 4.34. The van der Waals surface area contributed by atoms with Crippen molar-refractivity contribution in [3.63, 3.8) is 0 Å². The molecule has 0 aliphatic carbocycles. The van der Waals surface area contributed by atoms with E-state index in [9.17, 15) is 0 Å². The van der Waals surface area contributed by atoms with Crippen LogP contribution in [0.25, 0.3) is 0 Å². The van der Waals surface area contributed by atoms with Gasteiger partial charge in [0.05, 0.1) is 6.34 Å². The molecule has 0 spiro atoms. The molecule has 0 bridgehead atoms. The Morgan fingerprint density at radius 3 is 2.71 bits per heavy atom. The van der Waals surface area contributed by atoms with Gasteiger partial charge in [0, 0.05) is 29.6 Å². The van der Waals surface area contributed by atoms with Crippen molar-refractivity contribution in [2.45, 2.75) is 5.92 Å². The summed E-state index contributed by atoms with van der Waals surface area (Å²) in [5.41, 5.74) is 1.40. The molecule has 1 aromatic carbocycles. The number of nitrogens with zero attached hydrogens (tertiary/aromatic N) is 2. The summed E-state index contributed by atoms with van der Waals surface area (Å²) in [6, 6.07) is 8.74. The summed E-state index contributed by atoms with van der Waals surface area (Å²) >= 11 is 2.33. The van der Waals surface area contributed by atoms with Crippen molar-refractivity contribution >= 4 is 28.9 Å². The van der Waals surface area contributed by atoms with E-state index >= 15 is 0 Å². The average Bonchev–Trinajstić information content (AvgIpc) is 2.19. The number of aliphatic imine (C=N–C) groups is 1.